The van der Waals surface area contributed by atoms with Crippen molar-refractivity contribution in [2.45, 2.75) is 0 Å². The average Bonchev–Trinajstić information content (AvgIpc) is 2.81. The third kappa shape index (κ3) is 3.37. The maximum Gasteiger partial charge on any atom is 0.316 e. The first kappa shape index (κ1) is 15.0. The van der Waals surface area contributed by atoms with Crippen molar-refractivity contribution in [2.75, 3.05) is 32.9 Å². The Labute approximate surface area is 125 Å². The van der Waals surface area contributed by atoms with Gasteiger partial charge in [-0.05, 0) is 6.07 Å². The van der Waals surface area contributed by atoms with E-state index < -0.39 is 0 Å². The molecule has 112 valence electrons. The number of aromatic nitrogens is 2. The Morgan fingerprint density at radius 3 is 2.71 bits per heavy atom. The number of nitrogens with zero attached hydrogens (tertiary/aromatic N) is 3. The number of rotatable bonds is 4. The Hall–Kier alpha value is -2.42. The van der Waals surface area contributed by atoms with E-state index in [1.54, 1.807) is 20.2 Å². The number of hydrogen-bond acceptors (Lipinski definition) is 6. The summed E-state index contributed by atoms with van der Waals surface area (Å²) in [5.74, 6) is -0.283. The van der Waals surface area contributed by atoms with Crippen LogP contribution in [0.3, 0.4) is 0 Å². The van der Waals surface area contributed by atoms with Crippen LogP contribution >= 0.6 is 11.3 Å². The molecule has 3 amide bonds. The molecule has 0 atom stereocenters. The molecular formula is C12H16N6O2S. The van der Waals surface area contributed by atoms with Crippen LogP contribution in [0, 0.1) is 0 Å². The molecule has 0 aromatic carbocycles. The van der Waals surface area contributed by atoms with E-state index in [1.165, 1.54) is 22.4 Å². The number of fused-ring (bicyclic) bond motifs is 1. The summed E-state index contributed by atoms with van der Waals surface area (Å²) in [5.41, 5.74) is 6.34. The molecule has 0 aliphatic rings. The van der Waals surface area contributed by atoms with Crippen LogP contribution in [0.2, 0.25) is 0 Å². The fourth-order valence-electron chi connectivity index (χ4n) is 1.63. The average molecular weight is 308 g/mol. The smallest absolute Gasteiger partial charge is 0.316 e. The molecule has 0 aliphatic heterocycles. The summed E-state index contributed by atoms with van der Waals surface area (Å²) in [6.07, 6.45) is 1.53. The zero-order chi connectivity index (χ0) is 15.4. The normalized spacial score (nSPS) is 10.4. The van der Waals surface area contributed by atoms with Crippen LogP contribution in [-0.4, -0.2) is 54.2 Å². The number of nitrogen functional groups attached to an aromatic ring is 1. The molecule has 0 spiro atoms. The van der Waals surface area contributed by atoms with Crippen molar-refractivity contribution in [3.63, 3.8) is 0 Å². The van der Waals surface area contributed by atoms with Gasteiger partial charge in [-0.3, -0.25) is 4.79 Å². The molecule has 0 fully saturated rings. The summed E-state index contributed by atoms with van der Waals surface area (Å²) in [7, 11) is 3.29. The van der Waals surface area contributed by atoms with Crippen LogP contribution in [0.25, 0.3) is 10.2 Å². The maximum atomic E-state index is 12.1. The number of amides is 3. The van der Waals surface area contributed by atoms with E-state index >= 15 is 0 Å². The molecule has 0 saturated carbocycles. The number of anilines is 1. The van der Waals surface area contributed by atoms with Gasteiger partial charge in [0, 0.05) is 32.6 Å². The summed E-state index contributed by atoms with van der Waals surface area (Å²) in [6.45, 7) is 0.658. The number of nitrogens with one attached hydrogen (secondary N) is 2. The molecule has 2 heterocycles. The van der Waals surface area contributed by atoms with Gasteiger partial charge in [0.05, 0.1) is 11.9 Å². The minimum atomic E-state index is -0.283. The number of hydrogen-bond donors (Lipinski definition) is 3. The summed E-state index contributed by atoms with van der Waals surface area (Å²) >= 11 is 1.20. The Balaban J connectivity index is 1.94. The molecule has 4 N–H and O–H groups in total. The lowest BCUT2D eigenvalue weighted by molar-refractivity contribution is 0.0958. The van der Waals surface area contributed by atoms with Crippen molar-refractivity contribution in [1.82, 2.24) is 25.7 Å². The summed E-state index contributed by atoms with van der Waals surface area (Å²) in [6, 6.07) is 1.52. The van der Waals surface area contributed by atoms with Crippen LogP contribution in [0.15, 0.2) is 12.3 Å². The first-order chi connectivity index (χ1) is 10.0. The minimum Gasteiger partial charge on any atom is -0.397 e. The van der Waals surface area contributed by atoms with Gasteiger partial charge in [-0.15, -0.1) is 16.4 Å². The van der Waals surface area contributed by atoms with Crippen molar-refractivity contribution in [3.8, 4) is 0 Å². The van der Waals surface area contributed by atoms with E-state index in [1.807, 2.05) is 0 Å². The minimum absolute atomic E-state index is 0.208. The van der Waals surface area contributed by atoms with Gasteiger partial charge in [0.25, 0.3) is 5.91 Å². The number of urea groups is 1. The van der Waals surface area contributed by atoms with E-state index in [9.17, 15) is 9.59 Å². The fourth-order valence-corrected chi connectivity index (χ4v) is 2.58. The van der Waals surface area contributed by atoms with Crippen LogP contribution in [0.1, 0.15) is 9.67 Å². The van der Waals surface area contributed by atoms with Crippen LogP contribution in [-0.2, 0) is 0 Å². The van der Waals surface area contributed by atoms with Gasteiger partial charge in [-0.25, -0.2) is 4.79 Å². The quantitative estimate of drug-likeness (QED) is 0.702. The van der Waals surface area contributed by atoms with Crippen LogP contribution in [0.4, 0.5) is 10.5 Å². The van der Waals surface area contributed by atoms with Crippen molar-refractivity contribution in [2.24, 2.45) is 0 Å². The Bertz CT molecular complexity index is 669. The van der Waals surface area contributed by atoms with Gasteiger partial charge in [-0.1, -0.05) is 0 Å². The molecule has 2 aromatic heterocycles. The van der Waals surface area contributed by atoms with Gasteiger partial charge in [0.15, 0.2) is 0 Å². The lowest BCUT2D eigenvalue weighted by Gasteiger charge is -2.12. The van der Waals surface area contributed by atoms with E-state index in [2.05, 4.69) is 20.8 Å². The van der Waals surface area contributed by atoms with E-state index in [0.29, 0.717) is 28.5 Å². The predicted molar refractivity (Wildman–Crippen MR) is 81.2 cm³/mol. The summed E-state index contributed by atoms with van der Waals surface area (Å²) in [5, 5.41) is 13.8. The van der Waals surface area contributed by atoms with Crippen molar-refractivity contribution >= 4 is 39.2 Å². The van der Waals surface area contributed by atoms with Crippen molar-refractivity contribution in [3.05, 3.63) is 17.1 Å². The molecule has 2 aromatic rings. The van der Waals surface area contributed by atoms with Crippen molar-refractivity contribution in [1.29, 1.82) is 0 Å². The fraction of sp³-hybridized carbons (Fsp3) is 0.333. The second-order valence-corrected chi connectivity index (χ2v) is 5.48. The van der Waals surface area contributed by atoms with E-state index in [4.69, 9.17) is 5.73 Å². The zero-order valence-electron chi connectivity index (χ0n) is 11.7. The van der Waals surface area contributed by atoms with E-state index in [-0.39, 0.29) is 11.9 Å². The number of nitrogens with two attached hydrogens (primary N) is 1. The molecule has 2 rings (SSSR count). The number of carbonyl (C=O) groups is 2. The summed E-state index contributed by atoms with van der Waals surface area (Å²) < 4.78 is 0. The summed E-state index contributed by atoms with van der Waals surface area (Å²) in [4.78, 5) is 25.8. The molecule has 0 radical (unpaired) electrons. The molecule has 8 nitrogen and oxygen atoms in total. The number of thiophene rings is 1. The lowest BCUT2D eigenvalue weighted by atomic mass is 10.3. The first-order valence-electron chi connectivity index (χ1n) is 6.23. The maximum absolute atomic E-state index is 12.1. The largest absolute Gasteiger partial charge is 0.397 e. The zero-order valence-corrected chi connectivity index (χ0v) is 12.5. The topological polar surface area (TPSA) is 113 Å². The Morgan fingerprint density at radius 1 is 1.33 bits per heavy atom. The lowest BCUT2D eigenvalue weighted by Crippen LogP contribution is -2.39. The molecule has 0 unspecified atom stereocenters. The Kier molecular flexibility index (Phi) is 4.53. The first-order valence-corrected chi connectivity index (χ1v) is 7.05. The SMILES string of the molecule is CN(C)C(=O)NCCNC(=O)c1sc2nnccc2c1N. The van der Waals surface area contributed by atoms with Crippen molar-refractivity contribution < 1.29 is 9.59 Å². The molecule has 21 heavy (non-hydrogen) atoms. The monoisotopic (exact) mass is 308 g/mol. The van der Waals surface area contributed by atoms with Gasteiger partial charge < -0.3 is 21.3 Å². The third-order valence-electron chi connectivity index (χ3n) is 2.72. The molecule has 0 bridgehead atoms. The highest BCUT2D eigenvalue weighted by Crippen LogP contribution is 2.31. The number of carbonyl (C=O) groups excluding carboxylic acids is 2. The molecule has 0 saturated heterocycles. The van der Waals surface area contributed by atoms with Gasteiger partial charge in [0.2, 0.25) is 0 Å². The standard InChI is InChI=1S/C12H16N6O2S/c1-18(2)12(20)15-6-5-14-10(19)9-8(13)7-3-4-16-17-11(7)21-9/h3-4H,5-6,13H2,1-2H3,(H,14,19)(H,15,20). The molecule has 9 heteroatoms. The highest BCUT2D eigenvalue weighted by Gasteiger charge is 2.16. The van der Waals surface area contributed by atoms with Gasteiger partial charge >= 0.3 is 6.03 Å². The Morgan fingerprint density at radius 2 is 2.05 bits per heavy atom. The van der Waals surface area contributed by atoms with E-state index in [0.717, 1.165) is 5.39 Å². The predicted octanol–water partition coefficient (Wildman–Crippen LogP) is 0.274. The highest BCUT2D eigenvalue weighted by molar-refractivity contribution is 7.21. The highest BCUT2D eigenvalue weighted by atomic mass is 32.1. The van der Waals surface area contributed by atoms with Gasteiger partial charge in [-0.2, -0.15) is 5.10 Å². The second kappa shape index (κ2) is 6.35. The molecule has 0 aliphatic carbocycles. The third-order valence-corrected chi connectivity index (χ3v) is 3.82. The molecular weight excluding hydrogens is 292 g/mol. The van der Waals surface area contributed by atoms with Crippen LogP contribution in [0.5, 0.6) is 0 Å². The van der Waals surface area contributed by atoms with Crippen LogP contribution < -0.4 is 16.4 Å². The van der Waals surface area contributed by atoms with Gasteiger partial charge in [0.1, 0.15) is 9.71 Å². The second-order valence-electron chi connectivity index (χ2n) is 4.48.